The quantitative estimate of drug-likeness (QED) is 0.390. The lowest BCUT2D eigenvalue weighted by atomic mass is 10.1. The second-order valence-corrected chi connectivity index (χ2v) is 9.50. The smallest absolute Gasteiger partial charge is 0.253 e. The van der Waals surface area contributed by atoms with Gasteiger partial charge in [0.15, 0.2) is 0 Å². The maximum absolute atomic E-state index is 13.0. The third-order valence-corrected chi connectivity index (χ3v) is 6.67. The van der Waals surface area contributed by atoms with E-state index >= 15 is 0 Å². The number of hydrogen-bond donors (Lipinski definition) is 0. The minimum atomic E-state index is 0.0871. The number of carbonyl (C=O) groups excluding carboxylic acids is 1. The third-order valence-electron chi connectivity index (χ3n) is 6.67. The van der Waals surface area contributed by atoms with Crippen LogP contribution in [0.3, 0.4) is 0 Å². The molecule has 0 atom stereocenters. The monoisotopic (exact) mass is 484 g/mol. The van der Waals surface area contributed by atoms with Crippen molar-refractivity contribution in [2.45, 2.75) is 33.6 Å². The second kappa shape index (κ2) is 10.5. The molecule has 1 saturated heterocycles. The van der Waals surface area contributed by atoms with E-state index in [0.29, 0.717) is 11.7 Å². The van der Waals surface area contributed by atoms with Gasteiger partial charge >= 0.3 is 0 Å². The molecule has 2 aromatic carbocycles. The molecule has 5 rings (SSSR count). The van der Waals surface area contributed by atoms with E-state index in [1.807, 2.05) is 78.0 Å². The minimum absolute atomic E-state index is 0.0871. The molecule has 0 saturated carbocycles. The molecule has 0 unspecified atom stereocenters. The standard InChI is InChI=1S/C28H32N6O2/c1-20-6-8-23(9-7-20)27-29-26(36-31-27)5-4-14-32-15-17-33(18-16-32)28(35)24-10-12-25(13-11-24)34-22(3)19-21(2)30-34/h6-13,19H,4-5,14-18H2,1-3H3. The molecular formula is C28H32N6O2. The number of piperazine rings is 1. The lowest BCUT2D eigenvalue weighted by Gasteiger charge is -2.34. The highest BCUT2D eigenvalue weighted by atomic mass is 16.5. The summed E-state index contributed by atoms with van der Waals surface area (Å²) in [7, 11) is 0. The first-order chi connectivity index (χ1) is 17.5. The Balaban J connectivity index is 1.08. The molecule has 8 nitrogen and oxygen atoms in total. The zero-order valence-corrected chi connectivity index (χ0v) is 21.1. The molecule has 0 aliphatic carbocycles. The van der Waals surface area contributed by atoms with Gasteiger partial charge in [-0.2, -0.15) is 10.1 Å². The third kappa shape index (κ3) is 5.39. The van der Waals surface area contributed by atoms with Crippen LogP contribution in [0.4, 0.5) is 0 Å². The number of aromatic nitrogens is 4. The molecule has 186 valence electrons. The Morgan fingerprint density at radius 3 is 2.33 bits per heavy atom. The fraction of sp³-hybridized carbons (Fsp3) is 0.357. The van der Waals surface area contributed by atoms with Gasteiger partial charge in [0.1, 0.15) is 0 Å². The van der Waals surface area contributed by atoms with Gasteiger partial charge < -0.3 is 9.42 Å². The van der Waals surface area contributed by atoms with E-state index < -0.39 is 0 Å². The van der Waals surface area contributed by atoms with Crippen molar-refractivity contribution in [1.29, 1.82) is 0 Å². The molecule has 36 heavy (non-hydrogen) atoms. The summed E-state index contributed by atoms with van der Waals surface area (Å²) in [5.41, 5.74) is 5.92. The molecule has 1 fully saturated rings. The van der Waals surface area contributed by atoms with E-state index in [-0.39, 0.29) is 5.91 Å². The van der Waals surface area contributed by atoms with Crippen LogP contribution in [0.5, 0.6) is 0 Å². The first-order valence-corrected chi connectivity index (χ1v) is 12.5. The Kier molecular flexibility index (Phi) is 6.95. The Morgan fingerprint density at radius 2 is 1.67 bits per heavy atom. The van der Waals surface area contributed by atoms with Crippen LogP contribution in [0.1, 0.15) is 39.6 Å². The van der Waals surface area contributed by atoms with Crippen molar-refractivity contribution in [1.82, 2.24) is 29.7 Å². The molecule has 1 amide bonds. The molecule has 0 N–H and O–H groups in total. The average Bonchev–Trinajstić information content (AvgIpc) is 3.50. The van der Waals surface area contributed by atoms with Gasteiger partial charge in [-0.25, -0.2) is 4.68 Å². The highest BCUT2D eigenvalue weighted by Crippen LogP contribution is 2.18. The molecule has 1 aliphatic heterocycles. The van der Waals surface area contributed by atoms with Gasteiger partial charge in [0.2, 0.25) is 11.7 Å². The van der Waals surface area contributed by atoms with Crippen LogP contribution in [-0.4, -0.2) is 68.4 Å². The molecule has 1 aliphatic rings. The van der Waals surface area contributed by atoms with Crippen molar-refractivity contribution >= 4 is 5.91 Å². The molecule has 3 heterocycles. The molecule has 0 spiro atoms. The number of rotatable bonds is 7. The number of amides is 1. The second-order valence-electron chi connectivity index (χ2n) is 9.50. The van der Waals surface area contributed by atoms with Gasteiger partial charge in [0, 0.05) is 49.4 Å². The lowest BCUT2D eigenvalue weighted by Crippen LogP contribution is -2.48. The van der Waals surface area contributed by atoms with E-state index in [2.05, 4.69) is 27.1 Å². The predicted octanol–water partition coefficient (Wildman–Crippen LogP) is 4.24. The Morgan fingerprint density at radius 1 is 0.944 bits per heavy atom. The van der Waals surface area contributed by atoms with Crippen LogP contribution in [0.2, 0.25) is 0 Å². The van der Waals surface area contributed by atoms with Crippen LogP contribution >= 0.6 is 0 Å². The van der Waals surface area contributed by atoms with E-state index in [4.69, 9.17) is 4.52 Å². The highest BCUT2D eigenvalue weighted by Gasteiger charge is 2.22. The summed E-state index contributed by atoms with van der Waals surface area (Å²) in [5.74, 6) is 1.40. The van der Waals surface area contributed by atoms with Crippen LogP contribution in [0, 0.1) is 20.8 Å². The number of carbonyl (C=O) groups is 1. The SMILES string of the molecule is Cc1ccc(-c2noc(CCCN3CCN(C(=O)c4ccc(-n5nc(C)cc5C)cc4)CC3)n2)cc1. The van der Waals surface area contributed by atoms with Crippen molar-refractivity contribution in [3.05, 3.63) is 83.0 Å². The minimum Gasteiger partial charge on any atom is -0.339 e. The fourth-order valence-corrected chi connectivity index (χ4v) is 4.62. The summed E-state index contributed by atoms with van der Waals surface area (Å²) in [6, 6.07) is 17.9. The van der Waals surface area contributed by atoms with Crippen LogP contribution in [0.15, 0.2) is 59.1 Å². The zero-order chi connectivity index (χ0) is 25.1. The van der Waals surface area contributed by atoms with Crippen LogP contribution < -0.4 is 0 Å². The topological polar surface area (TPSA) is 80.3 Å². The average molecular weight is 485 g/mol. The van der Waals surface area contributed by atoms with Gasteiger partial charge in [-0.05, 0) is 64.1 Å². The summed E-state index contributed by atoms with van der Waals surface area (Å²) in [6.07, 6.45) is 1.69. The Bertz CT molecular complexity index is 1320. The summed E-state index contributed by atoms with van der Waals surface area (Å²) in [4.78, 5) is 21.9. The van der Waals surface area contributed by atoms with Crippen LogP contribution in [0.25, 0.3) is 17.1 Å². The van der Waals surface area contributed by atoms with Gasteiger partial charge in [-0.15, -0.1) is 0 Å². The van der Waals surface area contributed by atoms with Gasteiger partial charge in [0.05, 0.1) is 11.4 Å². The van der Waals surface area contributed by atoms with Gasteiger partial charge in [-0.3, -0.25) is 9.69 Å². The molecule has 8 heteroatoms. The highest BCUT2D eigenvalue weighted by molar-refractivity contribution is 5.94. The van der Waals surface area contributed by atoms with Crippen molar-refractivity contribution in [3.8, 4) is 17.1 Å². The Labute approximate surface area is 211 Å². The maximum Gasteiger partial charge on any atom is 0.253 e. The molecule has 0 radical (unpaired) electrons. The summed E-state index contributed by atoms with van der Waals surface area (Å²) in [6.45, 7) is 10.2. The van der Waals surface area contributed by atoms with Crippen molar-refractivity contribution < 1.29 is 9.32 Å². The van der Waals surface area contributed by atoms with Crippen LogP contribution in [-0.2, 0) is 6.42 Å². The summed E-state index contributed by atoms with van der Waals surface area (Å²) < 4.78 is 7.35. The van der Waals surface area contributed by atoms with Crippen molar-refractivity contribution in [2.75, 3.05) is 32.7 Å². The molecule has 0 bridgehead atoms. The van der Waals surface area contributed by atoms with Crippen molar-refractivity contribution in [2.24, 2.45) is 0 Å². The lowest BCUT2D eigenvalue weighted by molar-refractivity contribution is 0.0635. The van der Waals surface area contributed by atoms with E-state index in [1.165, 1.54) is 5.56 Å². The zero-order valence-electron chi connectivity index (χ0n) is 21.1. The predicted molar refractivity (Wildman–Crippen MR) is 138 cm³/mol. The summed E-state index contributed by atoms with van der Waals surface area (Å²) >= 11 is 0. The fourth-order valence-electron chi connectivity index (χ4n) is 4.62. The molecule has 4 aromatic rings. The molecule has 2 aromatic heterocycles. The largest absolute Gasteiger partial charge is 0.339 e. The Hall–Kier alpha value is -3.78. The van der Waals surface area contributed by atoms with E-state index in [0.717, 1.165) is 73.8 Å². The first-order valence-electron chi connectivity index (χ1n) is 12.5. The summed E-state index contributed by atoms with van der Waals surface area (Å²) in [5, 5.41) is 8.64. The number of benzene rings is 2. The first kappa shape index (κ1) is 23.9. The van der Waals surface area contributed by atoms with E-state index in [9.17, 15) is 4.79 Å². The van der Waals surface area contributed by atoms with E-state index in [1.54, 1.807) is 0 Å². The number of nitrogens with zero attached hydrogens (tertiary/aromatic N) is 6. The van der Waals surface area contributed by atoms with Gasteiger partial charge in [-0.1, -0.05) is 35.0 Å². The normalized spacial score (nSPS) is 14.4. The van der Waals surface area contributed by atoms with Crippen molar-refractivity contribution in [3.63, 3.8) is 0 Å². The van der Waals surface area contributed by atoms with Gasteiger partial charge in [0.25, 0.3) is 5.91 Å². The maximum atomic E-state index is 13.0. The molecular weight excluding hydrogens is 452 g/mol. The number of hydrogen-bond acceptors (Lipinski definition) is 6. The number of aryl methyl sites for hydroxylation is 4.